The number of amides is 1. The summed E-state index contributed by atoms with van der Waals surface area (Å²) >= 11 is 1.50. The maximum absolute atomic E-state index is 12.3. The molecule has 5 rings (SSSR count). The Hall–Kier alpha value is -1.46. The van der Waals surface area contributed by atoms with Crippen LogP contribution in [0.4, 0.5) is 0 Å². The van der Waals surface area contributed by atoms with E-state index in [1.807, 2.05) is 12.3 Å². The highest BCUT2D eigenvalue weighted by Crippen LogP contribution is 2.27. The number of fused-ring (bicyclic) bond motifs is 4. The molecule has 0 saturated carbocycles. The van der Waals surface area contributed by atoms with Crippen LogP contribution >= 0.6 is 11.5 Å². The maximum atomic E-state index is 12.3. The van der Waals surface area contributed by atoms with Gasteiger partial charge >= 0.3 is 0 Å². The standard InChI is InChI=1S/C16H19N3OS/c20-16(18-14-10-19-5-3-12(14)4-6-19)8-11-1-2-15-13(7-11)9-17-21-15/h1-2,7,9,12,14H,3-6,8,10H2,(H,18,20)/t14-/m0/s1. The van der Waals surface area contributed by atoms with Crippen LogP contribution in [0.15, 0.2) is 24.4 Å². The van der Waals surface area contributed by atoms with Crippen molar-refractivity contribution in [3.05, 3.63) is 30.0 Å². The topological polar surface area (TPSA) is 45.2 Å². The summed E-state index contributed by atoms with van der Waals surface area (Å²) in [6, 6.07) is 6.53. The number of carbonyl (C=O) groups excluding carboxylic acids is 1. The molecule has 0 unspecified atom stereocenters. The lowest BCUT2D eigenvalue weighted by molar-refractivity contribution is -0.122. The summed E-state index contributed by atoms with van der Waals surface area (Å²) in [7, 11) is 0. The van der Waals surface area contributed by atoms with Gasteiger partial charge in [0.1, 0.15) is 0 Å². The molecule has 1 amide bonds. The van der Waals surface area contributed by atoms with Crippen molar-refractivity contribution in [1.29, 1.82) is 0 Å². The lowest BCUT2D eigenvalue weighted by Gasteiger charge is -2.44. The zero-order chi connectivity index (χ0) is 14.2. The second kappa shape index (κ2) is 5.39. The number of benzene rings is 1. The first-order chi connectivity index (χ1) is 10.3. The number of nitrogens with zero attached hydrogens (tertiary/aromatic N) is 2. The number of rotatable bonds is 3. The van der Waals surface area contributed by atoms with Gasteiger partial charge in [0.25, 0.3) is 0 Å². The molecule has 1 aromatic heterocycles. The van der Waals surface area contributed by atoms with Crippen LogP contribution in [-0.4, -0.2) is 40.9 Å². The molecule has 0 spiro atoms. The van der Waals surface area contributed by atoms with E-state index in [0.29, 0.717) is 18.4 Å². The third-order valence-electron chi connectivity index (χ3n) is 4.78. The Morgan fingerprint density at radius 2 is 2.24 bits per heavy atom. The molecule has 0 radical (unpaired) electrons. The zero-order valence-electron chi connectivity index (χ0n) is 11.9. The summed E-state index contributed by atoms with van der Waals surface area (Å²) in [5, 5.41) is 4.38. The lowest BCUT2D eigenvalue weighted by Crippen LogP contribution is -2.57. The fourth-order valence-corrected chi connectivity index (χ4v) is 4.23. The maximum Gasteiger partial charge on any atom is 0.224 e. The Morgan fingerprint density at radius 1 is 1.38 bits per heavy atom. The van der Waals surface area contributed by atoms with Gasteiger partial charge in [-0.1, -0.05) is 6.07 Å². The fraction of sp³-hybridized carbons (Fsp3) is 0.500. The molecule has 3 fully saturated rings. The molecule has 4 nitrogen and oxygen atoms in total. The van der Waals surface area contributed by atoms with Crippen LogP contribution < -0.4 is 5.32 Å². The molecule has 2 bridgehead atoms. The molecule has 2 aromatic rings. The van der Waals surface area contributed by atoms with Gasteiger partial charge in [-0.3, -0.25) is 4.79 Å². The molecule has 1 N–H and O–H groups in total. The van der Waals surface area contributed by atoms with Gasteiger partial charge < -0.3 is 10.2 Å². The summed E-state index contributed by atoms with van der Waals surface area (Å²) in [5.74, 6) is 0.832. The van der Waals surface area contributed by atoms with Crippen LogP contribution in [0, 0.1) is 5.92 Å². The molecule has 0 aliphatic carbocycles. The lowest BCUT2D eigenvalue weighted by atomic mass is 9.84. The van der Waals surface area contributed by atoms with E-state index in [0.717, 1.165) is 17.5 Å². The average molecular weight is 301 g/mol. The summed E-state index contributed by atoms with van der Waals surface area (Å²) < 4.78 is 5.35. The van der Waals surface area contributed by atoms with Crippen LogP contribution in [0.2, 0.25) is 0 Å². The molecular weight excluding hydrogens is 282 g/mol. The number of hydrogen-bond donors (Lipinski definition) is 1. The van der Waals surface area contributed by atoms with Crippen LogP contribution in [-0.2, 0) is 11.2 Å². The predicted molar refractivity (Wildman–Crippen MR) is 84.4 cm³/mol. The first-order valence-electron chi connectivity index (χ1n) is 7.63. The van der Waals surface area contributed by atoms with E-state index in [-0.39, 0.29) is 5.91 Å². The van der Waals surface area contributed by atoms with E-state index >= 15 is 0 Å². The second-order valence-electron chi connectivity index (χ2n) is 6.19. The Kier molecular flexibility index (Phi) is 3.39. The molecule has 3 saturated heterocycles. The van der Waals surface area contributed by atoms with Crippen molar-refractivity contribution >= 4 is 27.5 Å². The number of piperidine rings is 3. The van der Waals surface area contributed by atoms with Gasteiger partial charge in [-0.25, -0.2) is 0 Å². The number of carbonyl (C=O) groups is 1. The molecule has 110 valence electrons. The van der Waals surface area contributed by atoms with E-state index in [2.05, 4.69) is 26.7 Å². The molecule has 4 heterocycles. The smallest absolute Gasteiger partial charge is 0.224 e. The Balaban J connectivity index is 1.41. The predicted octanol–water partition coefficient (Wildman–Crippen LogP) is 2.05. The highest BCUT2D eigenvalue weighted by atomic mass is 32.1. The van der Waals surface area contributed by atoms with Crippen LogP contribution in [0.25, 0.3) is 10.1 Å². The molecule has 3 aliphatic heterocycles. The molecule has 5 heteroatoms. The van der Waals surface area contributed by atoms with E-state index in [9.17, 15) is 4.79 Å². The van der Waals surface area contributed by atoms with E-state index in [4.69, 9.17) is 0 Å². The third kappa shape index (κ3) is 2.68. The molecule has 1 aromatic carbocycles. The third-order valence-corrected chi connectivity index (χ3v) is 5.56. The summed E-state index contributed by atoms with van der Waals surface area (Å²) in [5.41, 5.74) is 1.07. The van der Waals surface area contributed by atoms with Gasteiger partial charge in [0.15, 0.2) is 0 Å². The number of nitrogens with one attached hydrogen (secondary N) is 1. The monoisotopic (exact) mass is 301 g/mol. The van der Waals surface area contributed by atoms with Crippen molar-refractivity contribution in [2.75, 3.05) is 19.6 Å². The normalized spacial score (nSPS) is 27.9. The largest absolute Gasteiger partial charge is 0.352 e. The van der Waals surface area contributed by atoms with Crippen molar-refractivity contribution in [3.8, 4) is 0 Å². The second-order valence-corrected chi connectivity index (χ2v) is 7.02. The van der Waals surface area contributed by atoms with Crippen LogP contribution in [0.5, 0.6) is 0 Å². The molecule has 21 heavy (non-hydrogen) atoms. The van der Waals surface area contributed by atoms with Gasteiger partial charge in [0, 0.05) is 24.2 Å². The summed E-state index contributed by atoms with van der Waals surface area (Å²) in [4.78, 5) is 14.8. The quantitative estimate of drug-likeness (QED) is 0.944. The zero-order valence-corrected chi connectivity index (χ0v) is 12.7. The van der Waals surface area contributed by atoms with Crippen molar-refractivity contribution in [3.63, 3.8) is 0 Å². The first-order valence-corrected chi connectivity index (χ1v) is 8.40. The fourth-order valence-electron chi connectivity index (χ4n) is 3.60. The van der Waals surface area contributed by atoms with Crippen molar-refractivity contribution < 1.29 is 4.79 Å². The minimum atomic E-state index is 0.149. The van der Waals surface area contributed by atoms with E-state index < -0.39 is 0 Å². The van der Waals surface area contributed by atoms with Crippen LogP contribution in [0.3, 0.4) is 0 Å². The minimum Gasteiger partial charge on any atom is -0.352 e. The van der Waals surface area contributed by atoms with Crippen molar-refractivity contribution in [1.82, 2.24) is 14.6 Å². The summed E-state index contributed by atoms with van der Waals surface area (Å²) in [6.07, 6.45) is 4.80. The average Bonchev–Trinajstić information content (AvgIpc) is 2.96. The van der Waals surface area contributed by atoms with E-state index in [1.165, 1.54) is 42.2 Å². The van der Waals surface area contributed by atoms with Crippen molar-refractivity contribution in [2.24, 2.45) is 5.92 Å². The Bertz CT molecular complexity index is 660. The van der Waals surface area contributed by atoms with Gasteiger partial charge in [0.05, 0.1) is 11.1 Å². The van der Waals surface area contributed by atoms with Gasteiger partial charge in [-0.2, -0.15) is 4.37 Å². The van der Waals surface area contributed by atoms with Gasteiger partial charge in [-0.15, -0.1) is 0 Å². The van der Waals surface area contributed by atoms with Gasteiger partial charge in [-0.05, 0) is 61.1 Å². The number of hydrogen-bond acceptors (Lipinski definition) is 4. The molecular formula is C16H19N3OS. The van der Waals surface area contributed by atoms with E-state index in [1.54, 1.807) is 0 Å². The summed E-state index contributed by atoms with van der Waals surface area (Å²) in [6.45, 7) is 3.45. The highest BCUT2D eigenvalue weighted by Gasteiger charge is 2.34. The Labute approximate surface area is 128 Å². The number of aromatic nitrogens is 1. The minimum absolute atomic E-state index is 0.149. The van der Waals surface area contributed by atoms with Crippen LogP contribution in [0.1, 0.15) is 18.4 Å². The Morgan fingerprint density at radius 3 is 3.00 bits per heavy atom. The molecule has 1 atom stereocenters. The first kappa shape index (κ1) is 13.2. The van der Waals surface area contributed by atoms with Crippen molar-refractivity contribution in [2.45, 2.75) is 25.3 Å². The van der Waals surface area contributed by atoms with Gasteiger partial charge in [0.2, 0.25) is 5.91 Å². The molecule has 3 aliphatic rings. The SMILES string of the molecule is O=C(Cc1ccc2sncc2c1)N[C@H]1CN2CCC1CC2. The highest BCUT2D eigenvalue weighted by molar-refractivity contribution is 7.13.